The Morgan fingerprint density at radius 3 is 2.94 bits per heavy atom. The number of methoxy groups -OCH3 is 1. The number of benzene rings is 1. The molecule has 1 atom stereocenters. The van der Waals surface area contributed by atoms with Crippen LogP contribution in [-0.2, 0) is 4.74 Å². The number of nitrogens with one attached hydrogen (secondary N) is 1. The third kappa shape index (κ3) is 4.47. The number of nitrogens with zero attached hydrogens (tertiary/aromatic N) is 2. The molecule has 0 saturated carbocycles. The largest absolute Gasteiger partial charge is 0.460 e. The number of aryl methyl sites for hydroxylation is 1. The molecule has 4 aromatic rings. The molecule has 2 amide bonds. The van der Waals surface area contributed by atoms with Crippen LogP contribution in [0.25, 0.3) is 21.2 Å². The summed E-state index contributed by atoms with van der Waals surface area (Å²) >= 11 is 1.35. The van der Waals surface area contributed by atoms with Crippen molar-refractivity contribution in [2.24, 2.45) is 0 Å². The van der Waals surface area contributed by atoms with E-state index in [0.29, 0.717) is 57.3 Å². The van der Waals surface area contributed by atoms with Gasteiger partial charge in [0.2, 0.25) is 0 Å². The molecule has 1 aliphatic heterocycles. The molecule has 1 unspecified atom stereocenters. The second kappa shape index (κ2) is 9.65. The SMILES string of the molecule is COC1CCN(C(=O)c2cc3nccc(Oc4ccc5c(C(=O)NCCO)c(C)oc5c4)c3s2)C1. The number of aliphatic hydroxyl groups is 1. The van der Waals surface area contributed by atoms with E-state index in [4.69, 9.17) is 19.0 Å². The number of likely N-dealkylation sites (tertiary alicyclic amines) is 1. The Bertz CT molecular complexity index is 1410. The summed E-state index contributed by atoms with van der Waals surface area (Å²) in [5.41, 5.74) is 1.64. The number of ether oxygens (including phenoxy) is 2. The van der Waals surface area contributed by atoms with Crippen LogP contribution in [0.5, 0.6) is 11.5 Å². The molecule has 0 radical (unpaired) electrons. The molecule has 0 spiro atoms. The molecular weight excluding hydrogens is 470 g/mol. The second-order valence-corrected chi connectivity index (χ2v) is 9.36. The van der Waals surface area contributed by atoms with E-state index in [0.717, 1.165) is 11.1 Å². The first-order valence-electron chi connectivity index (χ1n) is 11.3. The highest BCUT2D eigenvalue weighted by atomic mass is 32.1. The zero-order valence-electron chi connectivity index (χ0n) is 19.4. The molecule has 0 aliphatic carbocycles. The van der Waals surface area contributed by atoms with Crippen LogP contribution in [0, 0.1) is 6.92 Å². The quantitative estimate of drug-likeness (QED) is 0.402. The number of amides is 2. The van der Waals surface area contributed by atoms with Gasteiger partial charge in [-0.15, -0.1) is 11.3 Å². The number of furan rings is 1. The van der Waals surface area contributed by atoms with Gasteiger partial charge < -0.3 is 29.2 Å². The van der Waals surface area contributed by atoms with Crippen molar-refractivity contribution >= 4 is 44.3 Å². The van der Waals surface area contributed by atoms with E-state index in [1.165, 1.54) is 11.3 Å². The number of rotatable bonds is 7. The third-order valence-electron chi connectivity index (χ3n) is 6.04. The number of aromatic nitrogens is 1. The molecule has 1 fully saturated rings. The number of hydrogen-bond donors (Lipinski definition) is 2. The predicted octanol–water partition coefficient (Wildman–Crippen LogP) is 3.73. The van der Waals surface area contributed by atoms with Crippen molar-refractivity contribution in [2.75, 3.05) is 33.4 Å². The first kappa shape index (κ1) is 23.3. The van der Waals surface area contributed by atoms with E-state index < -0.39 is 0 Å². The van der Waals surface area contributed by atoms with Gasteiger partial charge in [0.15, 0.2) is 0 Å². The van der Waals surface area contributed by atoms with Gasteiger partial charge in [0.25, 0.3) is 11.8 Å². The number of carbonyl (C=O) groups is 2. The van der Waals surface area contributed by atoms with Crippen molar-refractivity contribution in [2.45, 2.75) is 19.4 Å². The highest BCUT2D eigenvalue weighted by Gasteiger charge is 2.28. The van der Waals surface area contributed by atoms with Gasteiger partial charge in [-0.05, 0) is 31.5 Å². The van der Waals surface area contributed by atoms with E-state index >= 15 is 0 Å². The normalized spacial score (nSPS) is 15.7. The fourth-order valence-corrected chi connectivity index (χ4v) is 5.32. The number of aliphatic hydroxyl groups excluding tert-OH is 1. The molecule has 5 rings (SSSR count). The molecule has 9 nitrogen and oxygen atoms in total. The fraction of sp³-hybridized carbons (Fsp3) is 0.320. The molecule has 2 N–H and O–H groups in total. The van der Waals surface area contributed by atoms with Gasteiger partial charge in [-0.2, -0.15) is 0 Å². The standard InChI is InChI=1S/C25H25N3O6S/c1-14-22(24(30)27-8-10-29)17-4-3-15(11-20(17)33-14)34-19-5-7-26-18-12-21(35-23(18)19)25(31)28-9-6-16(13-28)32-2/h3-5,7,11-12,16,29H,6,8-10,13H2,1-2H3,(H,27,30). The Balaban J connectivity index is 1.41. The number of fused-ring (bicyclic) bond motifs is 2. The summed E-state index contributed by atoms with van der Waals surface area (Å²) in [6.07, 6.45) is 2.56. The minimum Gasteiger partial charge on any atom is -0.460 e. The van der Waals surface area contributed by atoms with Crippen LogP contribution in [-0.4, -0.2) is 66.3 Å². The second-order valence-electron chi connectivity index (χ2n) is 8.30. The summed E-state index contributed by atoms with van der Waals surface area (Å²) in [6.45, 7) is 3.01. The maximum Gasteiger partial charge on any atom is 0.264 e. The molecule has 3 aromatic heterocycles. The molecule has 0 bridgehead atoms. The molecular formula is C25H25N3O6S. The van der Waals surface area contributed by atoms with Crippen LogP contribution in [0.2, 0.25) is 0 Å². The van der Waals surface area contributed by atoms with Crippen molar-refractivity contribution in [3.8, 4) is 11.5 Å². The molecule has 1 saturated heterocycles. The maximum absolute atomic E-state index is 13.0. The number of thiophene rings is 1. The fourth-order valence-electron chi connectivity index (χ4n) is 4.29. The Hall–Kier alpha value is -3.47. The molecule has 1 aliphatic rings. The Morgan fingerprint density at radius 1 is 1.31 bits per heavy atom. The van der Waals surface area contributed by atoms with Crippen molar-refractivity contribution in [1.82, 2.24) is 15.2 Å². The molecule has 10 heteroatoms. The lowest BCUT2D eigenvalue weighted by molar-refractivity contribution is 0.0728. The molecule has 4 heterocycles. The molecule has 1 aromatic carbocycles. The zero-order valence-corrected chi connectivity index (χ0v) is 20.2. The van der Waals surface area contributed by atoms with Gasteiger partial charge in [-0.25, -0.2) is 0 Å². The topological polar surface area (TPSA) is 114 Å². The van der Waals surface area contributed by atoms with Crippen LogP contribution < -0.4 is 10.1 Å². The van der Waals surface area contributed by atoms with E-state index in [-0.39, 0.29) is 31.1 Å². The Labute approximate surface area is 205 Å². The first-order valence-corrected chi connectivity index (χ1v) is 12.1. The highest BCUT2D eigenvalue weighted by molar-refractivity contribution is 7.21. The van der Waals surface area contributed by atoms with Crippen molar-refractivity contribution in [3.05, 3.63) is 52.7 Å². The average molecular weight is 496 g/mol. The van der Waals surface area contributed by atoms with E-state index in [1.54, 1.807) is 55.5 Å². The lowest BCUT2D eigenvalue weighted by atomic mass is 10.1. The van der Waals surface area contributed by atoms with Gasteiger partial charge in [-0.3, -0.25) is 14.6 Å². The van der Waals surface area contributed by atoms with Crippen LogP contribution in [0.1, 0.15) is 32.2 Å². The van der Waals surface area contributed by atoms with Crippen molar-refractivity contribution in [3.63, 3.8) is 0 Å². The zero-order chi connectivity index (χ0) is 24.5. The van der Waals surface area contributed by atoms with E-state index in [2.05, 4.69) is 10.3 Å². The van der Waals surface area contributed by atoms with Crippen molar-refractivity contribution < 1.29 is 28.6 Å². The maximum atomic E-state index is 13.0. The number of hydrogen-bond acceptors (Lipinski definition) is 8. The monoisotopic (exact) mass is 495 g/mol. The van der Waals surface area contributed by atoms with E-state index in [9.17, 15) is 9.59 Å². The summed E-state index contributed by atoms with van der Waals surface area (Å²) < 4.78 is 18.1. The smallest absolute Gasteiger partial charge is 0.264 e. The van der Waals surface area contributed by atoms with E-state index in [1.807, 2.05) is 0 Å². The Kier molecular flexibility index (Phi) is 6.42. The van der Waals surface area contributed by atoms with Crippen LogP contribution in [0.15, 0.2) is 40.9 Å². The predicted molar refractivity (Wildman–Crippen MR) is 131 cm³/mol. The summed E-state index contributed by atoms with van der Waals surface area (Å²) in [5, 5.41) is 12.3. The number of carbonyl (C=O) groups excluding carboxylic acids is 2. The lowest BCUT2D eigenvalue weighted by Crippen LogP contribution is -2.29. The summed E-state index contributed by atoms with van der Waals surface area (Å²) in [6, 6.07) is 8.82. The van der Waals surface area contributed by atoms with Crippen LogP contribution in [0.4, 0.5) is 0 Å². The van der Waals surface area contributed by atoms with Gasteiger partial charge >= 0.3 is 0 Å². The van der Waals surface area contributed by atoms with Gasteiger partial charge in [0.05, 0.1) is 33.4 Å². The van der Waals surface area contributed by atoms with Gasteiger partial charge in [0.1, 0.15) is 22.8 Å². The summed E-state index contributed by atoms with van der Waals surface area (Å²) in [4.78, 5) is 32.3. The van der Waals surface area contributed by atoms with Crippen LogP contribution >= 0.6 is 11.3 Å². The molecule has 35 heavy (non-hydrogen) atoms. The minimum atomic E-state index is -0.301. The Morgan fingerprint density at radius 2 is 2.17 bits per heavy atom. The highest BCUT2D eigenvalue weighted by Crippen LogP contribution is 2.37. The van der Waals surface area contributed by atoms with Gasteiger partial charge in [-0.1, -0.05) is 0 Å². The van der Waals surface area contributed by atoms with Crippen LogP contribution in [0.3, 0.4) is 0 Å². The van der Waals surface area contributed by atoms with Gasteiger partial charge in [0, 0.05) is 50.5 Å². The molecule has 182 valence electrons. The number of pyridine rings is 1. The summed E-state index contributed by atoms with van der Waals surface area (Å²) in [7, 11) is 1.67. The van der Waals surface area contributed by atoms with Crippen molar-refractivity contribution in [1.29, 1.82) is 0 Å². The average Bonchev–Trinajstić information content (AvgIpc) is 3.58. The third-order valence-corrected chi connectivity index (χ3v) is 7.17. The summed E-state index contributed by atoms with van der Waals surface area (Å²) in [5.74, 6) is 1.27. The minimum absolute atomic E-state index is 0.0296. The first-order chi connectivity index (χ1) is 17.0. The lowest BCUT2D eigenvalue weighted by Gasteiger charge is -2.14.